The molecule has 0 unspecified atom stereocenters. The van der Waals surface area contributed by atoms with Gasteiger partial charge in [-0.05, 0) is 85.0 Å². The molecular weight excluding hydrogens is 432 g/mol. The van der Waals surface area contributed by atoms with Crippen molar-refractivity contribution in [2.45, 2.75) is 19.8 Å². The fraction of sp³-hybridized carbons (Fsp3) is 0.129. The Morgan fingerprint density at radius 1 is 0.800 bits per heavy atom. The Balaban J connectivity index is 1.57. The largest absolute Gasteiger partial charge is 0.463 e. The van der Waals surface area contributed by atoms with Gasteiger partial charge in [0.15, 0.2) is 0 Å². The average Bonchev–Trinajstić information content (AvgIpc) is 2.89. The molecule has 0 radical (unpaired) electrons. The molecule has 4 nitrogen and oxygen atoms in total. The molecule has 0 spiro atoms. The number of hydrogen-bond acceptors (Lipinski definition) is 4. The monoisotopic (exact) mass is 462 g/mol. The molecule has 35 heavy (non-hydrogen) atoms. The smallest absolute Gasteiger partial charge is 0.330 e. The van der Waals surface area contributed by atoms with Gasteiger partial charge in [-0.3, -0.25) is 0 Å². The Bertz CT molecular complexity index is 1260. The van der Waals surface area contributed by atoms with Crippen LogP contribution in [0, 0.1) is 6.92 Å². The summed E-state index contributed by atoms with van der Waals surface area (Å²) in [5.74, 6) is -0.378. The van der Waals surface area contributed by atoms with E-state index < -0.39 is 0 Å². The van der Waals surface area contributed by atoms with Gasteiger partial charge in [-0.15, -0.1) is 0 Å². The van der Waals surface area contributed by atoms with Crippen molar-refractivity contribution in [2.24, 2.45) is 0 Å². The van der Waals surface area contributed by atoms with Gasteiger partial charge in [-0.1, -0.05) is 60.7 Å². The lowest BCUT2D eigenvalue weighted by atomic mass is 10.0. The van der Waals surface area contributed by atoms with Gasteiger partial charge in [0.2, 0.25) is 0 Å². The minimum absolute atomic E-state index is 0.378. The van der Waals surface area contributed by atoms with Gasteiger partial charge in [0.1, 0.15) is 0 Å². The van der Waals surface area contributed by atoms with E-state index in [1.165, 1.54) is 17.2 Å². The molecule has 0 amide bonds. The Kier molecular flexibility index (Phi) is 7.63. The summed E-state index contributed by atoms with van der Waals surface area (Å²) in [7, 11) is 0. The number of benzene rings is 4. The summed E-state index contributed by atoms with van der Waals surface area (Å²) in [5.41, 5.74) is 14.6. The first-order chi connectivity index (χ1) is 17.0. The van der Waals surface area contributed by atoms with Gasteiger partial charge in [-0.2, -0.15) is 0 Å². The van der Waals surface area contributed by atoms with Crippen molar-refractivity contribution in [3.05, 3.63) is 121 Å². The topological polar surface area (TPSA) is 55.6 Å². The molecule has 0 heterocycles. The lowest BCUT2D eigenvalue weighted by Crippen LogP contribution is -2.10. The lowest BCUT2D eigenvalue weighted by molar-refractivity contribution is -0.137. The molecule has 0 aromatic heterocycles. The summed E-state index contributed by atoms with van der Waals surface area (Å²) in [4.78, 5) is 13.4. The van der Waals surface area contributed by atoms with E-state index in [-0.39, 0.29) is 5.97 Å². The molecule has 0 aliphatic carbocycles. The maximum atomic E-state index is 11.2. The van der Waals surface area contributed by atoms with Crippen molar-refractivity contribution in [3.63, 3.8) is 0 Å². The van der Waals surface area contributed by atoms with Crippen LogP contribution < -0.4 is 10.6 Å². The summed E-state index contributed by atoms with van der Waals surface area (Å²) in [6.45, 7) is 5.90. The van der Waals surface area contributed by atoms with E-state index in [9.17, 15) is 4.79 Å². The van der Waals surface area contributed by atoms with E-state index in [1.807, 2.05) is 24.3 Å². The quantitative estimate of drug-likeness (QED) is 0.122. The first kappa shape index (κ1) is 23.8. The molecule has 0 bridgehead atoms. The molecule has 0 saturated heterocycles. The fourth-order valence-corrected chi connectivity index (χ4v) is 3.94. The van der Waals surface area contributed by atoms with Crippen LogP contribution in [0.25, 0.3) is 11.1 Å². The minimum atomic E-state index is -0.378. The first-order valence-electron chi connectivity index (χ1n) is 11.7. The summed E-state index contributed by atoms with van der Waals surface area (Å²) >= 11 is 0. The van der Waals surface area contributed by atoms with Crippen LogP contribution in [0.4, 0.5) is 22.7 Å². The van der Waals surface area contributed by atoms with Crippen molar-refractivity contribution >= 4 is 28.7 Å². The second-order valence-electron chi connectivity index (χ2n) is 8.48. The Hall–Kier alpha value is -4.31. The SMILES string of the molecule is C=CC(=O)OCCCc1ccc(N(c2ccc(C)cc2)c2ccc(-c3ccc(N)cc3)cc2)cc1. The number of rotatable bonds is 9. The molecule has 4 aromatic rings. The normalized spacial score (nSPS) is 10.5. The molecular formula is C31H30N2O2. The number of ether oxygens (including phenoxy) is 1. The van der Waals surface area contributed by atoms with Crippen LogP contribution in [-0.2, 0) is 16.0 Å². The highest BCUT2D eigenvalue weighted by atomic mass is 16.5. The Morgan fingerprint density at radius 3 is 1.83 bits per heavy atom. The zero-order chi connectivity index (χ0) is 24.6. The van der Waals surface area contributed by atoms with Crippen molar-refractivity contribution in [2.75, 3.05) is 17.2 Å². The molecule has 0 saturated carbocycles. The maximum absolute atomic E-state index is 11.2. The number of nitrogen functional groups attached to an aromatic ring is 1. The predicted molar refractivity (Wildman–Crippen MR) is 145 cm³/mol. The molecule has 4 aromatic carbocycles. The van der Waals surface area contributed by atoms with Crippen molar-refractivity contribution in [3.8, 4) is 11.1 Å². The maximum Gasteiger partial charge on any atom is 0.330 e. The predicted octanol–water partition coefficient (Wildman–Crippen LogP) is 7.38. The average molecular weight is 463 g/mol. The van der Waals surface area contributed by atoms with E-state index in [1.54, 1.807) is 0 Å². The summed E-state index contributed by atoms with van der Waals surface area (Å²) in [5, 5.41) is 0. The minimum Gasteiger partial charge on any atom is -0.463 e. The molecule has 176 valence electrons. The van der Waals surface area contributed by atoms with Gasteiger partial charge >= 0.3 is 5.97 Å². The van der Waals surface area contributed by atoms with E-state index in [0.29, 0.717) is 6.61 Å². The van der Waals surface area contributed by atoms with Crippen LogP contribution in [0.5, 0.6) is 0 Å². The van der Waals surface area contributed by atoms with Crippen molar-refractivity contribution in [1.82, 2.24) is 0 Å². The molecule has 2 N–H and O–H groups in total. The van der Waals surface area contributed by atoms with Crippen LogP contribution >= 0.6 is 0 Å². The lowest BCUT2D eigenvalue weighted by Gasteiger charge is -2.26. The molecule has 4 heteroatoms. The number of nitrogens with zero attached hydrogens (tertiary/aromatic N) is 1. The van der Waals surface area contributed by atoms with Gasteiger partial charge in [0, 0.05) is 28.8 Å². The molecule has 0 aliphatic rings. The molecule has 0 atom stereocenters. The third-order valence-corrected chi connectivity index (χ3v) is 5.88. The van der Waals surface area contributed by atoms with Gasteiger partial charge in [-0.25, -0.2) is 4.79 Å². The third kappa shape index (κ3) is 6.18. The number of aryl methyl sites for hydroxylation is 2. The number of hydrogen-bond donors (Lipinski definition) is 1. The van der Waals surface area contributed by atoms with E-state index in [0.717, 1.165) is 46.7 Å². The van der Waals surface area contributed by atoms with Crippen molar-refractivity contribution in [1.29, 1.82) is 0 Å². The summed E-state index contributed by atoms with van der Waals surface area (Å²) in [6, 6.07) is 33.6. The number of carbonyl (C=O) groups excluding carboxylic acids is 1. The highest BCUT2D eigenvalue weighted by molar-refractivity contribution is 5.81. The third-order valence-electron chi connectivity index (χ3n) is 5.88. The van der Waals surface area contributed by atoms with Gasteiger partial charge in [0.05, 0.1) is 6.61 Å². The number of carbonyl (C=O) groups is 1. The van der Waals surface area contributed by atoms with Crippen molar-refractivity contribution < 1.29 is 9.53 Å². The highest BCUT2D eigenvalue weighted by Gasteiger charge is 2.13. The molecule has 4 rings (SSSR count). The van der Waals surface area contributed by atoms with E-state index >= 15 is 0 Å². The second kappa shape index (κ2) is 11.2. The first-order valence-corrected chi connectivity index (χ1v) is 11.7. The van der Waals surface area contributed by atoms with Gasteiger partial charge in [0.25, 0.3) is 0 Å². The fourth-order valence-electron chi connectivity index (χ4n) is 3.94. The van der Waals surface area contributed by atoms with E-state index in [4.69, 9.17) is 10.5 Å². The molecule has 0 aliphatic heterocycles. The Labute approximate surface area is 207 Å². The summed E-state index contributed by atoms with van der Waals surface area (Å²) in [6.07, 6.45) is 2.80. The number of nitrogens with two attached hydrogens (primary N) is 1. The summed E-state index contributed by atoms with van der Waals surface area (Å²) < 4.78 is 5.08. The van der Waals surface area contributed by atoms with Crippen LogP contribution in [-0.4, -0.2) is 12.6 Å². The second-order valence-corrected chi connectivity index (χ2v) is 8.48. The highest BCUT2D eigenvalue weighted by Crippen LogP contribution is 2.36. The van der Waals surface area contributed by atoms with Crippen LogP contribution in [0.1, 0.15) is 17.5 Å². The van der Waals surface area contributed by atoms with Gasteiger partial charge < -0.3 is 15.4 Å². The standard InChI is InChI=1S/C31H30N2O2/c1-3-31(34)35-22-4-5-24-8-18-29(19-9-24)33(28-16-6-23(2)7-17-28)30-20-12-26(13-21-30)25-10-14-27(32)15-11-25/h3,6-21H,1,4-5,22,32H2,2H3. The van der Waals surface area contributed by atoms with E-state index in [2.05, 4.69) is 91.2 Å². The van der Waals surface area contributed by atoms with Crippen LogP contribution in [0.2, 0.25) is 0 Å². The zero-order valence-corrected chi connectivity index (χ0v) is 20.0. The molecule has 0 fully saturated rings. The van der Waals surface area contributed by atoms with Crippen LogP contribution in [0.15, 0.2) is 110 Å². The van der Waals surface area contributed by atoms with Crippen LogP contribution in [0.3, 0.4) is 0 Å². The Morgan fingerprint density at radius 2 is 1.29 bits per heavy atom. The zero-order valence-electron chi connectivity index (χ0n) is 20.0. The number of anilines is 4. The number of esters is 1.